The fraction of sp³-hybridized carbons (Fsp3) is 0.143. The molecule has 2 aromatic heterocycles. The second-order valence-corrected chi connectivity index (χ2v) is 5.78. The van der Waals surface area contributed by atoms with Crippen molar-refractivity contribution in [2.24, 2.45) is 0 Å². The number of nitrogens with zero attached hydrogens (tertiary/aromatic N) is 4. The monoisotopic (exact) mass is 333 g/mol. The normalized spacial score (nSPS) is 10.8. The standard InChI is InChI=1S/C14H12ClN5OS/c1-2-11-17-14(19-18-11)22-10-8-16-20(13(21)12(10)15)9-6-4-3-5-7-9/h3-8H,2H2,1H3,(H,17,18,19). The maximum absolute atomic E-state index is 12.3. The Labute approximate surface area is 135 Å². The van der Waals surface area contributed by atoms with Crippen LogP contribution in [-0.2, 0) is 6.42 Å². The van der Waals surface area contributed by atoms with E-state index in [2.05, 4.69) is 20.3 Å². The van der Waals surface area contributed by atoms with Gasteiger partial charge < -0.3 is 0 Å². The maximum atomic E-state index is 12.3. The number of para-hydroxylation sites is 1. The van der Waals surface area contributed by atoms with Crippen LogP contribution in [0, 0.1) is 0 Å². The second kappa shape index (κ2) is 6.33. The van der Waals surface area contributed by atoms with Crippen molar-refractivity contribution in [2.45, 2.75) is 23.4 Å². The van der Waals surface area contributed by atoms with Crippen LogP contribution in [0.15, 0.2) is 51.4 Å². The summed E-state index contributed by atoms with van der Waals surface area (Å²) in [5.74, 6) is 0.782. The van der Waals surface area contributed by atoms with E-state index in [4.69, 9.17) is 11.6 Å². The van der Waals surface area contributed by atoms with E-state index in [0.717, 1.165) is 12.2 Å². The van der Waals surface area contributed by atoms with Crippen molar-refractivity contribution in [2.75, 3.05) is 0 Å². The van der Waals surface area contributed by atoms with E-state index < -0.39 is 0 Å². The zero-order valence-corrected chi connectivity index (χ0v) is 13.2. The van der Waals surface area contributed by atoms with Gasteiger partial charge in [0.1, 0.15) is 10.8 Å². The topological polar surface area (TPSA) is 76.5 Å². The summed E-state index contributed by atoms with van der Waals surface area (Å²) < 4.78 is 1.27. The van der Waals surface area contributed by atoms with E-state index in [1.807, 2.05) is 25.1 Å². The van der Waals surface area contributed by atoms with E-state index in [1.165, 1.54) is 16.4 Å². The number of halogens is 1. The summed E-state index contributed by atoms with van der Waals surface area (Å²) in [5, 5.41) is 11.7. The molecule has 0 aliphatic heterocycles. The molecule has 3 rings (SSSR count). The van der Waals surface area contributed by atoms with Crippen molar-refractivity contribution >= 4 is 23.4 Å². The van der Waals surface area contributed by atoms with Crippen molar-refractivity contribution in [1.29, 1.82) is 0 Å². The summed E-state index contributed by atoms with van der Waals surface area (Å²) in [6.45, 7) is 1.98. The lowest BCUT2D eigenvalue weighted by Gasteiger charge is -2.06. The first-order valence-electron chi connectivity index (χ1n) is 6.61. The molecular formula is C14H12ClN5OS. The van der Waals surface area contributed by atoms with Gasteiger partial charge in [-0.2, -0.15) is 9.78 Å². The summed E-state index contributed by atoms with van der Waals surface area (Å²) in [4.78, 5) is 17.2. The molecule has 0 aliphatic carbocycles. The van der Waals surface area contributed by atoms with Gasteiger partial charge in [-0.05, 0) is 23.9 Å². The largest absolute Gasteiger partial charge is 0.291 e. The highest BCUT2D eigenvalue weighted by atomic mass is 35.5. The van der Waals surface area contributed by atoms with Crippen LogP contribution in [0.25, 0.3) is 5.69 Å². The molecule has 22 heavy (non-hydrogen) atoms. The molecule has 0 radical (unpaired) electrons. The smallest absolute Gasteiger partial charge is 0.266 e. The lowest BCUT2D eigenvalue weighted by Crippen LogP contribution is -2.21. The summed E-state index contributed by atoms with van der Waals surface area (Å²) in [5.41, 5.74) is 0.293. The Bertz CT molecular complexity index is 846. The van der Waals surface area contributed by atoms with Crippen LogP contribution in [0.4, 0.5) is 0 Å². The van der Waals surface area contributed by atoms with Crippen LogP contribution in [0.1, 0.15) is 12.7 Å². The number of H-pyrrole nitrogens is 1. The van der Waals surface area contributed by atoms with E-state index >= 15 is 0 Å². The Hall–Kier alpha value is -2.12. The zero-order chi connectivity index (χ0) is 15.5. The second-order valence-electron chi connectivity index (χ2n) is 4.40. The number of nitrogens with one attached hydrogen (secondary N) is 1. The molecule has 1 aromatic carbocycles. The molecule has 8 heteroatoms. The summed E-state index contributed by atoms with van der Waals surface area (Å²) >= 11 is 7.39. The van der Waals surface area contributed by atoms with Crippen LogP contribution in [0.5, 0.6) is 0 Å². The minimum Gasteiger partial charge on any atom is -0.266 e. The lowest BCUT2D eigenvalue weighted by atomic mass is 10.3. The predicted octanol–water partition coefficient (Wildman–Crippen LogP) is 2.72. The van der Waals surface area contributed by atoms with E-state index in [9.17, 15) is 4.79 Å². The molecular weight excluding hydrogens is 322 g/mol. The first-order valence-corrected chi connectivity index (χ1v) is 7.81. The minimum atomic E-state index is -0.371. The van der Waals surface area contributed by atoms with E-state index in [-0.39, 0.29) is 10.6 Å². The number of benzene rings is 1. The van der Waals surface area contributed by atoms with Crippen molar-refractivity contribution in [3.8, 4) is 5.69 Å². The molecule has 0 amide bonds. The number of aromatic amines is 1. The third-order valence-corrected chi connectivity index (χ3v) is 4.31. The number of hydrogen-bond acceptors (Lipinski definition) is 5. The Morgan fingerprint density at radius 3 is 2.77 bits per heavy atom. The van der Waals surface area contributed by atoms with Gasteiger partial charge in [0, 0.05) is 6.42 Å². The highest BCUT2D eigenvalue weighted by Gasteiger charge is 2.13. The first-order chi connectivity index (χ1) is 10.7. The molecule has 0 aliphatic rings. The van der Waals surface area contributed by atoms with Gasteiger partial charge in [-0.1, -0.05) is 36.7 Å². The van der Waals surface area contributed by atoms with Crippen molar-refractivity contribution in [3.05, 3.63) is 57.7 Å². The zero-order valence-electron chi connectivity index (χ0n) is 11.7. The molecule has 0 atom stereocenters. The molecule has 0 saturated carbocycles. The molecule has 6 nitrogen and oxygen atoms in total. The first kappa shape index (κ1) is 14.8. The third-order valence-electron chi connectivity index (χ3n) is 2.94. The maximum Gasteiger partial charge on any atom is 0.291 e. The highest BCUT2D eigenvalue weighted by Crippen LogP contribution is 2.28. The molecule has 0 bridgehead atoms. The number of hydrogen-bond donors (Lipinski definition) is 1. The Balaban J connectivity index is 1.95. The van der Waals surface area contributed by atoms with Gasteiger partial charge in [0.15, 0.2) is 0 Å². The molecule has 0 fully saturated rings. The molecule has 0 unspecified atom stereocenters. The van der Waals surface area contributed by atoms with Crippen molar-refractivity contribution < 1.29 is 0 Å². The van der Waals surface area contributed by atoms with Crippen molar-refractivity contribution in [3.63, 3.8) is 0 Å². The third kappa shape index (κ3) is 2.90. The number of rotatable bonds is 4. The van der Waals surface area contributed by atoms with E-state index in [0.29, 0.717) is 15.7 Å². The average molecular weight is 334 g/mol. The quantitative estimate of drug-likeness (QED) is 0.794. The van der Waals surface area contributed by atoms with Gasteiger partial charge in [-0.15, -0.1) is 5.10 Å². The predicted molar refractivity (Wildman–Crippen MR) is 84.7 cm³/mol. The van der Waals surface area contributed by atoms with Crippen LogP contribution in [0.3, 0.4) is 0 Å². The van der Waals surface area contributed by atoms with Gasteiger partial charge in [0.05, 0.1) is 16.8 Å². The van der Waals surface area contributed by atoms with Gasteiger partial charge in [0.2, 0.25) is 5.16 Å². The fourth-order valence-electron chi connectivity index (χ4n) is 1.82. The van der Waals surface area contributed by atoms with Gasteiger partial charge in [0.25, 0.3) is 5.56 Å². The summed E-state index contributed by atoms with van der Waals surface area (Å²) in [6.07, 6.45) is 2.30. The van der Waals surface area contributed by atoms with E-state index in [1.54, 1.807) is 18.3 Å². The van der Waals surface area contributed by atoms with Crippen LogP contribution < -0.4 is 5.56 Å². The fourth-order valence-corrected chi connectivity index (χ4v) is 2.79. The van der Waals surface area contributed by atoms with Gasteiger partial charge in [-0.25, -0.2) is 4.98 Å². The molecule has 2 heterocycles. The molecule has 112 valence electrons. The van der Waals surface area contributed by atoms with Crippen LogP contribution in [0.2, 0.25) is 5.02 Å². The van der Waals surface area contributed by atoms with Crippen LogP contribution >= 0.6 is 23.4 Å². The summed E-state index contributed by atoms with van der Waals surface area (Å²) in [7, 11) is 0. The van der Waals surface area contributed by atoms with Gasteiger partial charge in [-0.3, -0.25) is 9.89 Å². The molecule has 0 spiro atoms. The average Bonchev–Trinajstić information content (AvgIpc) is 3.01. The van der Waals surface area contributed by atoms with Crippen LogP contribution in [-0.4, -0.2) is 25.0 Å². The lowest BCUT2D eigenvalue weighted by molar-refractivity contribution is 0.790. The molecule has 3 aromatic rings. The molecule has 1 N–H and O–H groups in total. The minimum absolute atomic E-state index is 0.103. The number of aryl methyl sites for hydroxylation is 1. The number of aromatic nitrogens is 5. The molecule has 0 saturated heterocycles. The SMILES string of the molecule is CCc1nc(Sc2cnn(-c3ccccc3)c(=O)c2Cl)n[nH]1. The van der Waals surface area contributed by atoms with Crippen molar-refractivity contribution in [1.82, 2.24) is 25.0 Å². The Kier molecular flexibility index (Phi) is 4.26. The highest BCUT2D eigenvalue weighted by molar-refractivity contribution is 7.99. The summed E-state index contributed by atoms with van der Waals surface area (Å²) in [6, 6.07) is 9.12. The van der Waals surface area contributed by atoms with Gasteiger partial charge >= 0.3 is 0 Å². The Morgan fingerprint density at radius 1 is 1.32 bits per heavy atom. The Morgan fingerprint density at radius 2 is 2.09 bits per heavy atom.